The number of aromatic nitrogens is 1. The van der Waals surface area contributed by atoms with Gasteiger partial charge < -0.3 is 10.4 Å². The maximum atomic E-state index is 8.64. The number of nitrogens with one attached hydrogen (secondary N) is 1. The molecule has 0 aliphatic carbocycles. The van der Waals surface area contributed by atoms with E-state index in [2.05, 4.69) is 17.2 Å². The summed E-state index contributed by atoms with van der Waals surface area (Å²) in [6, 6.07) is 4.05. The highest BCUT2D eigenvalue weighted by Crippen LogP contribution is 2.13. The monoisotopic (exact) mass is 212 g/mol. The van der Waals surface area contributed by atoms with Gasteiger partial charge in [-0.25, -0.2) is 4.98 Å². The second kappa shape index (κ2) is 6.68. The molecular weight excluding hydrogens is 196 g/mol. The van der Waals surface area contributed by atoms with Crippen LogP contribution in [0.4, 0.5) is 5.82 Å². The quantitative estimate of drug-likeness (QED) is 0.705. The van der Waals surface area contributed by atoms with Crippen LogP contribution in [0.2, 0.25) is 0 Å². The molecule has 0 aromatic carbocycles. The molecule has 0 saturated heterocycles. The Bertz CT molecular complexity index is 268. The first-order valence-electron chi connectivity index (χ1n) is 4.74. The van der Waals surface area contributed by atoms with Crippen molar-refractivity contribution >= 4 is 17.6 Å². The lowest BCUT2D eigenvalue weighted by Crippen LogP contribution is -1.99. The third-order valence-corrected chi connectivity index (χ3v) is 2.70. The van der Waals surface area contributed by atoms with Gasteiger partial charge in [0.1, 0.15) is 5.82 Å². The number of rotatable bonds is 6. The Morgan fingerprint density at radius 3 is 3.14 bits per heavy atom. The fourth-order valence-corrected chi connectivity index (χ4v) is 1.79. The molecule has 0 fully saturated rings. The normalized spacial score (nSPS) is 10.1. The Labute approximate surface area is 88.9 Å². The van der Waals surface area contributed by atoms with E-state index in [-0.39, 0.29) is 6.61 Å². The van der Waals surface area contributed by atoms with Gasteiger partial charge in [-0.15, -0.1) is 0 Å². The molecule has 0 saturated carbocycles. The third-order valence-electron chi connectivity index (χ3n) is 1.69. The Morgan fingerprint density at radius 1 is 1.57 bits per heavy atom. The molecule has 3 nitrogen and oxygen atoms in total. The van der Waals surface area contributed by atoms with Crippen molar-refractivity contribution in [1.82, 2.24) is 4.98 Å². The van der Waals surface area contributed by atoms with Gasteiger partial charge >= 0.3 is 0 Å². The van der Waals surface area contributed by atoms with Crippen molar-refractivity contribution in [3.8, 4) is 0 Å². The Hall–Kier alpha value is -0.740. The summed E-state index contributed by atoms with van der Waals surface area (Å²) in [5.74, 6) is 2.65. The zero-order valence-corrected chi connectivity index (χ0v) is 9.18. The Balaban J connectivity index is 2.46. The van der Waals surface area contributed by atoms with E-state index in [1.54, 1.807) is 11.8 Å². The number of aliphatic hydroxyl groups excluding tert-OH is 1. The van der Waals surface area contributed by atoms with Gasteiger partial charge in [0, 0.05) is 24.2 Å². The summed E-state index contributed by atoms with van der Waals surface area (Å²) >= 11 is 1.73. The summed E-state index contributed by atoms with van der Waals surface area (Å²) in [5.41, 5.74) is 1.24. The average molecular weight is 212 g/mol. The van der Waals surface area contributed by atoms with Crippen LogP contribution >= 0.6 is 11.8 Å². The first-order valence-corrected chi connectivity index (χ1v) is 5.89. The van der Waals surface area contributed by atoms with Crippen LogP contribution in [-0.2, 0) is 5.75 Å². The maximum Gasteiger partial charge on any atom is 0.126 e. The molecule has 0 bridgehead atoms. The Kier molecular flexibility index (Phi) is 5.40. The maximum absolute atomic E-state index is 8.64. The van der Waals surface area contributed by atoms with Gasteiger partial charge in [-0.3, -0.25) is 0 Å². The van der Waals surface area contributed by atoms with Crippen molar-refractivity contribution in [1.29, 1.82) is 0 Å². The number of anilines is 1. The summed E-state index contributed by atoms with van der Waals surface area (Å²) in [6.07, 6.45) is 1.81. The van der Waals surface area contributed by atoms with E-state index in [4.69, 9.17) is 5.11 Å². The van der Waals surface area contributed by atoms with Crippen molar-refractivity contribution in [3.05, 3.63) is 23.9 Å². The van der Waals surface area contributed by atoms with Crippen LogP contribution in [0.1, 0.15) is 12.5 Å². The highest BCUT2D eigenvalue weighted by atomic mass is 32.2. The van der Waals surface area contributed by atoms with Crippen LogP contribution in [0.15, 0.2) is 18.3 Å². The molecule has 0 unspecified atom stereocenters. The van der Waals surface area contributed by atoms with E-state index < -0.39 is 0 Å². The highest BCUT2D eigenvalue weighted by Gasteiger charge is 1.96. The minimum absolute atomic E-state index is 0.246. The first kappa shape index (κ1) is 11.3. The summed E-state index contributed by atoms with van der Waals surface area (Å²) in [4.78, 5) is 4.19. The van der Waals surface area contributed by atoms with Crippen molar-refractivity contribution in [3.63, 3.8) is 0 Å². The fraction of sp³-hybridized carbons (Fsp3) is 0.500. The average Bonchev–Trinajstić information content (AvgIpc) is 2.19. The number of hydrogen-bond acceptors (Lipinski definition) is 4. The molecule has 4 heteroatoms. The second-order valence-electron chi connectivity index (χ2n) is 2.86. The molecule has 0 aliphatic rings. The predicted molar refractivity (Wildman–Crippen MR) is 61.6 cm³/mol. The van der Waals surface area contributed by atoms with E-state index in [9.17, 15) is 0 Å². The minimum atomic E-state index is 0.246. The van der Waals surface area contributed by atoms with Gasteiger partial charge in [-0.2, -0.15) is 11.8 Å². The zero-order valence-electron chi connectivity index (χ0n) is 8.36. The van der Waals surface area contributed by atoms with Crippen molar-refractivity contribution < 1.29 is 5.11 Å². The van der Waals surface area contributed by atoms with E-state index in [1.807, 2.05) is 18.3 Å². The van der Waals surface area contributed by atoms with Crippen LogP contribution in [0.3, 0.4) is 0 Å². The lowest BCUT2D eigenvalue weighted by molar-refractivity contribution is 0.322. The highest BCUT2D eigenvalue weighted by molar-refractivity contribution is 7.98. The van der Waals surface area contributed by atoms with E-state index in [1.165, 1.54) is 5.56 Å². The van der Waals surface area contributed by atoms with E-state index >= 15 is 0 Å². The molecule has 1 aromatic rings. The van der Waals surface area contributed by atoms with Crippen LogP contribution in [0, 0.1) is 0 Å². The van der Waals surface area contributed by atoms with E-state index in [0.717, 1.165) is 23.9 Å². The molecule has 1 rings (SSSR count). The molecule has 78 valence electrons. The van der Waals surface area contributed by atoms with Gasteiger partial charge in [-0.05, 0) is 24.6 Å². The lowest BCUT2D eigenvalue weighted by Gasteiger charge is -2.04. The number of thioether (sulfide) groups is 1. The molecule has 14 heavy (non-hydrogen) atoms. The SMILES string of the molecule is CCNc1cc(CSCCO)ccn1. The molecule has 0 aliphatic heterocycles. The Morgan fingerprint density at radius 2 is 2.43 bits per heavy atom. The van der Waals surface area contributed by atoms with Gasteiger partial charge in [0.2, 0.25) is 0 Å². The minimum Gasteiger partial charge on any atom is -0.396 e. The number of nitrogens with zero attached hydrogens (tertiary/aromatic N) is 1. The van der Waals surface area contributed by atoms with Gasteiger partial charge in [0.15, 0.2) is 0 Å². The van der Waals surface area contributed by atoms with Crippen LogP contribution in [0.5, 0.6) is 0 Å². The van der Waals surface area contributed by atoms with Gasteiger partial charge in [0.05, 0.1) is 6.61 Å². The fourth-order valence-electron chi connectivity index (χ4n) is 1.10. The summed E-state index contributed by atoms with van der Waals surface area (Å²) in [5, 5.41) is 11.8. The van der Waals surface area contributed by atoms with E-state index in [0.29, 0.717) is 0 Å². The van der Waals surface area contributed by atoms with Gasteiger partial charge in [0.25, 0.3) is 0 Å². The molecule has 0 atom stereocenters. The third kappa shape index (κ3) is 3.98. The van der Waals surface area contributed by atoms with Crippen molar-refractivity contribution in [2.75, 3.05) is 24.2 Å². The van der Waals surface area contributed by atoms with Gasteiger partial charge in [-0.1, -0.05) is 0 Å². The van der Waals surface area contributed by atoms with Crippen LogP contribution in [-0.4, -0.2) is 29.0 Å². The predicted octanol–water partition coefficient (Wildman–Crippen LogP) is 1.74. The first-order chi connectivity index (χ1) is 6.86. The van der Waals surface area contributed by atoms with Crippen molar-refractivity contribution in [2.45, 2.75) is 12.7 Å². The number of pyridine rings is 1. The van der Waals surface area contributed by atoms with Crippen LogP contribution < -0.4 is 5.32 Å². The second-order valence-corrected chi connectivity index (χ2v) is 3.96. The zero-order chi connectivity index (χ0) is 10.2. The molecule has 1 heterocycles. The summed E-state index contributed by atoms with van der Waals surface area (Å²) in [6.45, 7) is 3.19. The lowest BCUT2D eigenvalue weighted by atomic mass is 10.3. The largest absolute Gasteiger partial charge is 0.396 e. The molecule has 0 radical (unpaired) electrons. The van der Waals surface area contributed by atoms with Crippen molar-refractivity contribution in [2.24, 2.45) is 0 Å². The van der Waals surface area contributed by atoms with Crippen LogP contribution in [0.25, 0.3) is 0 Å². The summed E-state index contributed by atoms with van der Waals surface area (Å²) < 4.78 is 0. The smallest absolute Gasteiger partial charge is 0.126 e. The molecule has 0 amide bonds. The number of aliphatic hydroxyl groups is 1. The molecule has 2 N–H and O–H groups in total. The molecular formula is C10H16N2OS. The number of hydrogen-bond donors (Lipinski definition) is 2. The standard InChI is InChI=1S/C10H16N2OS/c1-2-11-10-7-9(3-4-12-10)8-14-6-5-13/h3-4,7,13H,2,5-6,8H2,1H3,(H,11,12). The molecule has 1 aromatic heterocycles. The summed E-state index contributed by atoms with van der Waals surface area (Å²) in [7, 11) is 0. The topological polar surface area (TPSA) is 45.1 Å². The molecule has 0 spiro atoms.